The first-order valence-corrected chi connectivity index (χ1v) is 8.42. The number of amides is 1. The molecule has 3 rings (SSSR count). The summed E-state index contributed by atoms with van der Waals surface area (Å²) < 4.78 is 5.43. The van der Waals surface area contributed by atoms with Crippen LogP contribution in [0.25, 0.3) is 0 Å². The quantitative estimate of drug-likeness (QED) is 0.907. The summed E-state index contributed by atoms with van der Waals surface area (Å²) in [5.74, 6) is 2.34. The molecule has 0 bridgehead atoms. The molecule has 1 saturated carbocycles. The minimum Gasteiger partial charge on any atom is -0.494 e. The summed E-state index contributed by atoms with van der Waals surface area (Å²) >= 11 is 0. The highest BCUT2D eigenvalue weighted by Crippen LogP contribution is 2.37. The van der Waals surface area contributed by atoms with E-state index >= 15 is 0 Å². The van der Waals surface area contributed by atoms with Crippen LogP contribution in [0.2, 0.25) is 0 Å². The molecule has 2 fully saturated rings. The summed E-state index contributed by atoms with van der Waals surface area (Å²) in [6.07, 6.45) is 3.70. The molecule has 1 aromatic rings. The van der Waals surface area contributed by atoms with Crippen LogP contribution >= 0.6 is 0 Å². The topological polar surface area (TPSA) is 55.6 Å². The van der Waals surface area contributed by atoms with Crippen molar-refractivity contribution in [1.82, 2.24) is 4.90 Å². The molecule has 2 aliphatic rings. The van der Waals surface area contributed by atoms with E-state index in [9.17, 15) is 4.79 Å². The van der Waals surface area contributed by atoms with Crippen molar-refractivity contribution in [3.05, 3.63) is 29.8 Å². The van der Waals surface area contributed by atoms with Crippen molar-refractivity contribution in [2.75, 3.05) is 19.7 Å². The molecular formula is C18H26N2O2. The average Bonchev–Trinajstić information content (AvgIpc) is 3.09. The second-order valence-electron chi connectivity index (χ2n) is 6.54. The van der Waals surface area contributed by atoms with Gasteiger partial charge in [-0.2, -0.15) is 0 Å². The van der Waals surface area contributed by atoms with Gasteiger partial charge in [0.15, 0.2) is 0 Å². The molecule has 22 heavy (non-hydrogen) atoms. The van der Waals surface area contributed by atoms with E-state index in [1.54, 1.807) is 0 Å². The van der Waals surface area contributed by atoms with Crippen molar-refractivity contribution in [3.8, 4) is 5.75 Å². The molecule has 3 unspecified atom stereocenters. The molecule has 1 saturated heterocycles. The predicted molar refractivity (Wildman–Crippen MR) is 86.7 cm³/mol. The number of benzene rings is 1. The minimum atomic E-state index is 0.274. The Bertz CT molecular complexity index is 514. The fourth-order valence-electron chi connectivity index (χ4n) is 3.84. The maximum Gasteiger partial charge on any atom is 0.222 e. The van der Waals surface area contributed by atoms with Gasteiger partial charge in [0.1, 0.15) is 5.75 Å². The van der Waals surface area contributed by atoms with Crippen molar-refractivity contribution >= 4 is 5.91 Å². The van der Waals surface area contributed by atoms with Gasteiger partial charge in [0.2, 0.25) is 5.91 Å². The highest BCUT2D eigenvalue weighted by molar-refractivity contribution is 5.76. The van der Waals surface area contributed by atoms with Crippen molar-refractivity contribution in [2.24, 2.45) is 17.6 Å². The largest absolute Gasteiger partial charge is 0.494 e. The Labute approximate surface area is 132 Å². The Kier molecular flexibility index (Phi) is 4.67. The molecule has 4 nitrogen and oxygen atoms in total. The molecule has 4 heteroatoms. The number of rotatable bonds is 5. The van der Waals surface area contributed by atoms with E-state index in [0.717, 1.165) is 31.7 Å². The number of carbonyl (C=O) groups excluding carboxylic acids is 1. The number of hydrogen-bond acceptors (Lipinski definition) is 3. The molecular weight excluding hydrogens is 276 g/mol. The fourth-order valence-corrected chi connectivity index (χ4v) is 3.84. The normalized spacial score (nSPS) is 27.0. The first-order chi connectivity index (χ1) is 10.7. The number of aryl methyl sites for hydroxylation is 1. The van der Waals surface area contributed by atoms with Crippen LogP contribution in [0, 0.1) is 11.8 Å². The Morgan fingerprint density at radius 1 is 1.27 bits per heavy atom. The number of carbonyl (C=O) groups is 1. The molecule has 120 valence electrons. The Hall–Kier alpha value is -1.55. The number of nitrogens with zero attached hydrogens (tertiary/aromatic N) is 1. The van der Waals surface area contributed by atoms with Crippen LogP contribution in [-0.4, -0.2) is 36.5 Å². The van der Waals surface area contributed by atoms with Gasteiger partial charge >= 0.3 is 0 Å². The van der Waals surface area contributed by atoms with Crippen molar-refractivity contribution < 1.29 is 9.53 Å². The summed E-state index contributed by atoms with van der Waals surface area (Å²) in [6.45, 7) is 4.44. The van der Waals surface area contributed by atoms with Crippen molar-refractivity contribution in [1.29, 1.82) is 0 Å². The Balaban J connectivity index is 1.48. The van der Waals surface area contributed by atoms with E-state index < -0.39 is 0 Å². The molecule has 1 heterocycles. The summed E-state index contributed by atoms with van der Waals surface area (Å²) in [7, 11) is 0. The molecule has 1 aliphatic carbocycles. The molecule has 1 aromatic carbocycles. The lowest BCUT2D eigenvalue weighted by molar-refractivity contribution is -0.130. The van der Waals surface area contributed by atoms with Crippen LogP contribution in [0.1, 0.15) is 31.7 Å². The molecule has 1 aliphatic heterocycles. The molecule has 2 N–H and O–H groups in total. The summed E-state index contributed by atoms with van der Waals surface area (Å²) in [5, 5.41) is 0. The molecule has 0 radical (unpaired) electrons. The fraction of sp³-hybridized carbons (Fsp3) is 0.611. The highest BCUT2D eigenvalue weighted by atomic mass is 16.5. The van der Waals surface area contributed by atoms with Gasteiger partial charge in [0.05, 0.1) is 6.61 Å². The van der Waals surface area contributed by atoms with E-state index in [4.69, 9.17) is 10.5 Å². The molecule has 0 aromatic heterocycles. The summed E-state index contributed by atoms with van der Waals surface area (Å²) in [5.41, 5.74) is 7.32. The molecule has 1 amide bonds. The van der Waals surface area contributed by atoms with Crippen LogP contribution in [0.4, 0.5) is 0 Å². The zero-order chi connectivity index (χ0) is 15.5. The first-order valence-electron chi connectivity index (χ1n) is 8.42. The number of fused-ring (bicyclic) bond motifs is 1. The zero-order valence-corrected chi connectivity index (χ0v) is 13.3. The summed E-state index contributed by atoms with van der Waals surface area (Å²) in [4.78, 5) is 14.4. The predicted octanol–water partition coefficient (Wildman–Crippen LogP) is 2.21. The van der Waals surface area contributed by atoms with Crippen LogP contribution in [-0.2, 0) is 11.2 Å². The van der Waals surface area contributed by atoms with E-state index in [-0.39, 0.29) is 5.91 Å². The number of likely N-dealkylation sites (tertiary alicyclic amines) is 1. The number of hydrogen-bond donors (Lipinski definition) is 1. The van der Waals surface area contributed by atoms with Crippen LogP contribution in [0.3, 0.4) is 0 Å². The Morgan fingerprint density at radius 3 is 2.73 bits per heavy atom. The lowest BCUT2D eigenvalue weighted by atomic mass is 9.98. The van der Waals surface area contributed by atoms with Crippen molar-refractivity contribution in [2.45, 2.75) is 38.6 Å². The lowest BCUT2D eigenvalue weighted by Crippen LogP contribution is -2.33. The maximum absolute atomic E-state index is 12.4. The zero-order valence-electron chi connectivity index (χ0n) is 13.3. The van der Waals surface area contributed by atoms with E-state index in [2.05, 4.69) is 0 Å². The second kappa shape index (κ2) is 6.69. The van der Waals surface area contributed by atoms with Gasteiger partial charge < -0.3 is 15.4 Å². The van der Waals surface area contributed by atoms with E-state index in [1.807, 2.05) is 36.1 Å². The van der Waals surface area contributed by atoms with Crippen LogP contribution in [0.5, 0.6) is 5.75 Å². The highest BCUT2D eigenvalue weighted by Gasteiger charge is 2.42. The third-order valence-electron chi connectivity index (χ3n) is 5.13. The monoisotopic (exact) mass is 302 g/mol. The van der Waals surface area contributed by atoms with Gasteiger partial charge in [-0.1, -0.05) is 12.1 Å². The van der Waals surface area contributed by atoms with Gasteiger partial charge in [-0.05, 0) is 55.7 Å². The smallest absolute Gasteiger partial charge is 0.222 e. The molecule has 0 spiro atoms. The van der Waals surface area contributed by atoms with Crippen LogP contribution in [0.15, 0.2) is 24.3 Å². The Morgan fingerprint density at radius 2 is 2.05 bits per heavy atom. The van der Waals surface area contributed by atoms with Gasteiger partial charge in [-0.25, -0.2) is 0 Å². The van der Waals surface area contributed by atoms with Gasteiger partial charge in [-0.15, -0.1) is 0 Å². The maximum atomic E-state index is 12.4. The van der Waals surface area contributed by atoms with E-state index in [0.29, 0.717) is 30.9 Å². The van der Waals surface area contributed by atoms with Gasteiger partial charge in [0.25, 0.3) is 0 Å². The van der Waals surface area contributed by atoms with E-state index in [1.165, 1.54) is 12.0 Å². The number of nitrogens with two attached hydrogens (primary N) is 1. The second-order valence-corrected chi connectivity index (χ2v) is 6.54. The standard InChI is InChI=1S/C18H26N2O2/c1-2-22-15-7-3-13(4-8-15)5-10-18(21)20-11-14-6-9-17(19)16(14)12-20/h3-4,7-8,14,16-17H,2,5-6,9-12,19H2,1H3. The SMILES string of the molecule is CCOc1ccc(CCC(=O)N2CC3CCC(N)C3C2)cc1. The minimum absolute atomic E-state index is 0.274. The third-order valence-corrected chi connectivity index (χ3v) is 5.13. The van der Waals surface area contributed by atoms with Gasteiger partial charge in [0, 0.05) is 25.6 Å². The average molecular weight is 302 g/mol. The molecule has 3 atom stereocenters. The first kappa shape index (κ1) is 15.3. The van der Waals surface area contributed by atoms with Crippen molar-refractivity contribution in [3.63, 3.8) is 0 Å². The van der Waals surface area contributed by atoms with Gasteiger partial charge in [-0.3, -0.25) is 4.79 Å². The third kappa shape index (κ3) is 3.27. The summed E-state index contributed by atoms with van der Waals surface area (Å²) in [6, 6.07) is 8.35. The lowest BCUT2D eigenvalue weighted by Gasteiger charge is -2.18. The van der Waals surface area contributed by atoms with Crippen LogP contribution < -0.4 is 10.5 Å². The number of ether oxygens (including phenoxy) is 1.